The van der Waals surface area contributed by atoms with Crippen molar-refractivity contribution in [3.05, 3.63) is 29.8 Å². The minimum absolute atomic E-state index is 0.0317. The molecule has 2 saturated heterocycles. The summed E-state index contributed by atoms with van der Waals surface area (Å²) < 4.78 is 5.40. The summed E-state index contributed by atoms with van der Waals surface area (Å²) in [7, 11) is 3.57. The molecule has 28 heavy (non-hydrogen) atoms. The summed E-state index contributed by atoms with van der Waals surface area (Å²) in [5.74, 6) is 0.193. The molecule has 1 N–H and O–H groups in total. The number of morpholine rings is 1. The number of ether oxygens (including phenoxy) is 1. The highest BCUT2D eigenvalue weighted by molar-refractivity contribution is 5.79. The van der Waals surface area contributed by atoms with Crippen LogP contribution in [0.25, 0.3) is 0 Å². The molecule has 2 aliphatic rings. The Hall–Kier alpha value is -2.28. The van der Waals surface area contributed by atoms with Crippen LogP contribution < -0.4 is 10.2 Å². The van der Waals surface area contributed by atoms with Crippen LogP contribution in [0.3, 0.4) is 0 Å². The van der Waals surface area contributed by atoms with Crippen LogP contribution in [0.15, 0.2) is 24.3 Å². The molecule has 0 aliphatic carbocycles. The summed E-state index contributed by atoms with van der Waals surface area (Å²) in [5, 5.41) is 3.09. The lowest BCUT2D eigenvalue weighted by Gasteiger charge is -2.33. The second-order valence-electron chi connectivity index (χ2n) is 7.86. The molecule has 0 spiro atoms. The lowest BCUT2D eigenvalue weighted by atomic mass is 9.96. The maximum absolute atomic E-state index is 12.6. The van der Waals surface area contributed by atoms with Crippen LogP contribution in [0.4, 0.5) is 10.5 Å². The van der Waals surface area contributed by atoms with Gasteiger partial charge in [-0.05, 0) is 37.5 Å². The highest BCUT2D eigenvalue weighted by Gasteiger charge is 2.28. The van der Waals surface area contributed by atoms with Gasteiger partial charge in [-0.25, -0.2) is 4.79 Å². The smallest absolute Gasteiger partial charge is 0.317 e. The molecule has 2 fully saturated rings. The van der Waals surface area contributed by atoms with E-state index in [9.17, 15) is 9.59 Å². The number of benzene rings is 1. The zero-order chi connectivity index (χ0) is 20.1. The van der Waals surface area contributed by atoms with Crippen LogP contribution in [0.1, 0.15) is 31.4 Å². The van der Waals surface area contributed by atoms with Gasteiger partial charge in [-0.15, -0.1) is 0 Å². The maximum Gasteiger partial charge on any atom is 0.317 e. The van der Waals surface area contributed by atoms with Crippen molar-refractivity contribution in [2.45, 2.75) is 25.8 Å². The van der Waals surface area contributed by atoms with E-state index in [1.165, 1.54) is 5.69 Å². The monoisotopic (exact) mass is 388 g/mol. The molecule has 3 rings (SSSR count). The Kier molecular flexibility index (Phi) is 6.78. The van der Waals surface area contributed by atoms with Crippen molar-refractivity contribution >= 4 is 17.6 Å². The fourth-order valence-corrected chi connectivity index (χ4v) is 3.85. The van der Waals surface area contributed by atoms with E-state index in [0.29, 0.717) is 13.1 Å². The minimum Gasteiger partial charge on any atom is -0.378 e. The fraction of sp³-hybridized carbons (Fsp3) is 0.619. The van der Waals surface area contributed by atoms with E-state index < -0.39 is 0 Å². The predicted molar refractivity (Wildman–Crippen MR) is 109 cm³/mol. The third-order valence-electron chi connectivity index (χ3n) is 5.68. The normalized spacial score (nSPS) is 19.2. The van der Waals surface area contributed by atoms with Gasteiger partial charge in [0.2, 0.25) is 5.91 Å². The lowest BCUT2D eigenvalue weighted by molar-refractivity contribution is -0.134. The quantitative estimate of drug-likeness (QED) is 0.858. The van der Waals surface area contributed by atoms with Crippen molar-refractivity contribution in [3.8, 4) is 0 Å². The molecule has 2 aliphatic heterocycles. The number of carbonyl (C=O) groups excluding carboxylic acids is 2. The zero-order valence-corrected chi connectivity index (χ0v) is 17.2. The summed E-state index contributed by atoms with van der Waals surface area (Å²) in [6, 6.07) is 8.27. The first-order valence-electron chi connectivity index (χ1n) is 10.1. The number of hydrogen-bond acceptors (Lipinski definition) is 4. The molecule has 1 aromatic carbocycles. The van der Waals surface area contributed by atoms with Crippen LogP contribution in [0.5, 0.6) is 0 Å². The number of anilines is 1. The van der Waals surface area contributed by atoms with E-state index in [0.717, 1.165) is 44.7 Å². The maximum atomic E-state index is 12.6. The molecule has 7 nitrogen and oxygen atoms in total. The molecule has 0 saturated carbocycles. The molecule has 2 heterocycles. The third kappa shape index (κ3) is 4.95. The van der Waals surface area contributed by atoms with Crippen LogP contribution >= 0.6 is 0 Å². The zero-order valence-electron chi connectivity index (χ0n) is 17.2. The molecule has 1 atom stereocenters. The van der Waals surface area contributed by atoms with Gasteiger partial charge in [-0.2, -0.15) is 0 Å². The fourth-order valence-electron chi connectivity index (χ4n) is 3.85. The summed E-state index contributed by atoms with van der Waals surface area (Å²) in [6.07, 6.45) is 1.46. The van der Waals surface area contributed by atoms with Gasteiger partial charge in [-0.1, -0.05) is 12.1 Å². The molecule has 1 unspecified atom stereocenters. The second kappa shape index (κ2) is 9.28. The minimum atomic E-state index is -0.0626. The Balaban J connectivity index is 1.49. The average molecular weight is 389 g/mol. The summed E-state index contributed by atoms with van der Waals surface area (Å²) in [4.78, 5) is 30.5. The number of amides is 3. The van der Waals surface area contributed by atoms with Crippen molar-refractivity contribution < 1.29 is 14.3 Å². The van der Waals surface area contributed by atoms with Gasteiger partial charge in [0, 0.05) is 51.9 Å². The number of nitrogens with one attached hydrogen (secondary N) is 1. The molecule has 0 aromatic heterocycles. The van der Waals surface area contributed by atoms with Gasteiger partial charge >= 0.3 is 6.03 Å². The van der Waals surface area contributed by atoms with Crippen molar-refractivity contribution in [3.63, 3.8) is 0 Å². The number of rotatable bonds is 4. The average Bonchev–Trinajstić information content (AvgIpc) is 2.74. The predicted octanol–water partition coefficient (Wildman–Crippen LogP) is 2.09. The Labute approximate surface area is 167 Å². The Morgan fingerprint density at radius 2 is 1.68 bits per heavy atom. The molecule has 154 valence electrons. The largest absolute Gasteiger partial charge is 0.378 e. The van der Waals surface area contributed by atoms with E-state index in [1.54, 1.807) is 19.0 Å². The van der Waals surface area contributed by atoms with Gasteiger partial charge < -0.3 is 24.8 Å². The number of likely N-dealkylation sites (tertiary alicyclic amines) is 1. The van der Waals surface area contributed by atoms with E-state index >= 15 is 0 Å². The first-order chi connectivity index (χ1) is 13.5. The number of hydrogen-bond donors (Lipinski definition) is 1. The summed E-state index contributed by atoms with van der Waals surface area (Å²) >= 11 is 0. The van der Waals surface area contributed by atoms with Crippen molar-refractivity contribution in [2.75, 3.05) is 58.4 Å². The lowest BCUT2D eigenvalue weighted by Crippen LogP contribution is -2.47. The van der Waals surface area contributed by atoms with Crippen molar-refractivity contribution in [1.82, 2.24) is 15.1 Å². The second-order valence-corrected chi connectivity index (χ2v) is 7.86. The Bertz CT molecular complexity index is 663. The first kappa shape index (κ1) is 20.5. The Morgan fingerprint density at radius 1 is 1.07 bits per heavy atom. The van der Waals surface area contributed by atoms with Gasteiger partial charge in [-0.3, -0.25) is 4.79 Å². The SMILES string of the molecule is CC(NC(=O)N1CCC(C(=O)N(C)C)CC1)c1ccc(N2CCOCC2)cc1. The number of urea groups is 1. The standard InChI is InChI=1S/C21H32N4O3/c1-16(17-4-6-19(7-5-17)24-12-14-28-15-13-24)22-21(27)25-10-8-18(9-11-25)20(26)23(2)3/h4-7,16,18H,8-15H2,1-3H3,(H,22,27). The summed E-state index contributed by atoms with van der Waals surface area (Å²) in [5.41, 5.74) is 2.28. The van der Waals surface area contributed by atoms with Crippen LogP contribution in [0, 0.1) is 5.92 Å². The molecule has 7 heteroatoms. The number of carbonyl (C=O) groups is 2. The first-order valence-corrected chi connectivity index (χ1v) is 10.1. The third-order valence-corrected chi connectivity index (χ3v) is 5.68. The van der Waals surface area contributed by atoms with Gasteiger partial charge in [0.05, 0.1) is 19.3 Å². The van der Waals surface area contributed by atoms with Crippen LogP contribution in [-0.2, 0) is 9.53 Å². The Morgan fingerprint density at radius 3 is 2.25 bits per heavy atom. The molecule has 0 bridgehead atoms. The van der Waals surface area contributed by atoms with Crippen LogP contribution in [0.2, 0.25) is 0 Å². The highest BCUT2D eigenvalue weighted by atomic mass is 16.5. The van der Waals surface area contributed by atoms with E-state index in [4.69, 9.17) is 4.74 Å². The molecule has 0 radical (unpaired) electrons. The van der Waals surface area contributed by atoms with Crippen molar-refractivity contribution in [2.24, 2.45) is 5.92 Å². The molecular weight excluding hydrogens is 356 g/mol. The van der Waals surface area contributed by atoms with Gasteiger partial charge in [0.1, 0.15) is 0 Å². The number of piperidine rings is 1. The van der Waals surface area contributed by atoms with Gasteiger partial charge in [0.25, 0.3) is 0 Å². The van der Waals surface area contributed by atoms with E-state index in [-0.39, 0.29) is 23.9 Å². The number of nitrogens with zero attached hydrogens (tertiary/aromatic N) is 3. The molecule has 1 aromatic rings. The topological polar surface area (TPSA) is 65.1 Å². The van der Waals surface area contributed by atoms with Crippen molar-refractivity contribution in [1.29, 1.82) is 0 Å². The van der Waals surface area contributed by atoms with E-state index in [2.05, 4.69) is 34.5 Å². The molecule has 3 amide bonds. The highest BCUT2D eigenvalue weighted by Crippen LogP contribution is 2.22. The summed E-state index contributed by atoms with van der Waals surface area (Å²) in [6.45, 7) is 6.62. The van der Waals surface area contributed by atoms with Crippen LogP contribution in [-0.4, -0.2) is 75.2 Å². The van der Waals surface area contributed by atoms with E-state index in [1.807, 2.05) is 11.8 Å². The molecular formula is C21H32N4O3. The van der Waals surface area contributed by atoms with Gasteiger partial charge in [0.15, 0.2) is 0 Å².